The SMILES string of the molecule is CCOc1ccc(/C=C/c2cc[n+](CCCC(=O)NCCSSCCNC(=O)CCC[n+]3ccc(/C=C/c4ccc(OCC)cc4)cc3)cc2)cc1. The van der Waals surface area contributed by atoms with Gasteiger partial charge in [0.2, 0.25) is 11.8 Å². The molecule has 274 valence electrons. The summed E-state index contributed by atoms with van der Waals surface area (Å²) in [7, 11) is 3.43. The van der Waals surface area contributed by atoms with E-state index in [2.05, 4.69) is 93.1 Å². The highest BCUT2D eigenvalue weighted by atomic mass is 33.1. The summed E-state index contributed by atoms with van der Waals surface area (Å²) in [6.07, 6.45) is 19.1. The van der Waals surface area contributed by atoms with Crippen LogP contribution in [-0.4, -0.2) is 49.6 Å². The minimum atomic E-state index is 0.0828. The summed E-state index contributed by atoms with van der Waals surface area (Å²) in [6.45, 7) is 8.16. The van der Waals surface area contributed by atoms with Crippen LogP contribution in [-0.2, 0) is 22.7 Å². The van der Waals surface area contributed by atoms with Gasteiger partial charge >= 0.3 is 0 Å². The van der Waals surface area contributed by atoms with Gasteiger partial charge in [-0.3, -0.25) is 9.59 Å². The lowest BCUT2D eigenvalue weighted by molar-refractivity contribution is -0.697. The highest BCUT2D eigenvalue weighted by Gasteiger charge is 2.07. The molecule has 2 amide bonds. The number of ether oxygens (including phenoxy) is 2. The number of amides is 2. The van der Waals surface area contributed by atoms with Crippen LogP contribution >= 0.6 is 21.6 Å². The van der Waals surface area contributed by atoms with E-state index in [9.17, 15) is 9.59 Å². The van der Waals surface area contributed by atoms with Crippen molar-refractivity contribution in [2.75, 3.05) is 37.8 Å². The first-order valence-corrected chi connectivity index (χ1v) is 20.6. The van der Waals surface area contributed by atoms with E-state index in [-0.39, 0.29) is 11.8 Å². The van der Waals surface area contributed by atoms with Gasteiger partial charge in [0, 0.05) is 74.5 Å². The molecule has 10 heteroatoms. The molecule has 0 saturated carbocycles. The van der Waals surface area contributed by atoms with Gasteiger partial charge in [0.05, 0.1) is 13.2 Å². The fourth-order valence-corrected chi connectivity index (χ4v) is 6.94. The maximum Gasteiger partial charge on any atom is 0.220 e. The summed E-state index contributed by atoms with van der Waals surface area (Å²) in [4.78, 5) is 24.5. The van der Waals surface area contributed by atoms with Gasteiger partial charge < -0.3 is 20.1 Å². The Labute approximate surface area is 317 Å². The van der Waals surface area contributed by atoms with Gasteiger partial charge in [0.1, 0.15) is 24.6 Å². The molecule has 2 N–H and O–H groups in total. The lowest BCUT2D eigenvalue weighted by atomic mass is 10.1. The first kappa shape index (κ1) is 40.2. The van der Waals surface area contributed by atoms with Crippen molar-refractivity contribution < 1.29 is 28.2 Å². The summed E-state index contributed by atoms with van der Waals surface area (Å²) in [5.74, 6) is 3.59. The molecule has 0 radical (unpaired) electrons. The number of rotatable bonds is 23. The minimum absolute atomic E-state index is 0.0828. The number of benzene rings is 2. The molecule has 2 aromatic carbocycles. The standard InChI is InChI=1S/C42H50N4O4S2/c1-3-49-39-17-13-35(14-18-39)9-11-37-21-29-45(30-22-37)27-5-7-41(47)43-25-33-51-52-34-26-44-42(48)8-6-28-46-31-23-38(24-32-46)12-10-36-15-19-40(20-16-36)50-4-2/h9-24,29-32H,3-8,25-28,33-34H2,1-2H3/p+2/b11-9+,12-10+. The quantitative estimate of drug-likeness (QED) is 0.0473. The molecule has 0 unspecified atom stereocenters. The number of carbonyl (C=O) groups excluding carboxylic acids is 2. The number of hydrogen-bond acceptors (Lipinski definition) is 6. The van der Waals surface area contributed by atoms with Crippen molar-refractivity contribution in [3.8, 4) is 11.5 Å². The van der Waals surface area contributed by atoms with E-state index in [1.165, 1.54) is 0 Å². The second-order valence-corrected chi connectivity index (χ2v) is 14.7. The minimum Gasteiger partial charge on any atom is -0.494 e. The van der Waals surface area contributed by atoms with E-state index >= 15 is 0 Å². The fraction of sp³-hybridized carbons (Fsp3) is 0.333. The third-order valence-electron chi connectivity index (χ3n) is 7.89. The average Bonchev–Trinajstić information content (AvgIpc) is 3.16. The van der Waals surface area contributed by atoms with E-state index in [0.717, 1.165) is 71.2 Å². The topological polar surface area (TPSA) is 84.4 Å². The van der Waals surface area contributed by atoms with Crippen molar-refractivity contribution >= 4 is 57.7 Å². The van der Waals surface area contributed by atoms with Crippen molar-refractivity contribution in [3.05, 3.63) is 120 Å². The number of hydrogen-bond donors (Lipinski definition) is 2. The maximum absolute atomic E-state index is 12.3. The van der Waals surface area contributed by atoms with Crippen LogP contribution in [0.2, 0.25) is 0 Å². The van der Waals surface area contributed by atoms with Gasteiger partial charge in [-0.2, -0.15) is 0 Å². The monoisotopic (exact) mass is 740 g/mol. The summed E-state index contributed by atoms with van der Waals surface area (Å²) < 4.78 is 15.2. The van der Waals surface area contributed by atoms with Crippen molar-refractivity contribution in [1.82, 2.24) is 10.6 Å². The Morgan fingerprint density at radius 2 is 0.904 bits per heavy atom. The van der Waals surface area contributed by atoms with Crippen molar-refractivity contribution in [1.29, 1.82) is 0 Å². The summed E-state index contributed by atoms with van der Waals surface area (Å²) in [6, 6.07) is 24.4. The third kappa shape index (κ3) is 16.2. The van der Waals surface area contributed by atoms with Gasteiger partial charge in [0.15, 0.2) is 24.8 Å². The molecule has 0 spiro atoms. The fourth-order valence-electron chi connectivity index (χ4n) is 5.13. The molecule has 0 aliphatic carbocycles. The lowest BCUT2D eigenvalue weighted by Gasteiger charge is -2.06. The van der Waals surface area contributed by atoms with Crippen LogP contribution in [0.5, 0.6) is 11.5 Å². The number of pyridine rings is 2. The summed E-state index contributed by atoms with van der Waals surface area (Å²) >= 11 is 0. The molecule has 0 saturated heterocycles. The number of nitrogens with one attached hydrogen (secondary N) is 2. The zero-order valence-electron chi connectivity index (χ0n) is 30.4. The smallest absolute Gasteiger partial charge is 0.220 e. The van der Waals surface area contributed by atoms with Crippen LogP contribution in [0.1, 0.15) is 61.8 Å². The Balaban J connectivity index is 0.961. The van der Waals surface area contributed by atoms with Gasteiger partial charge in [0.25, 0.3) is 0 Å². The van der Waals surface area contributed by atoms with Gasteiger partial charge in [-0.25, -0.2) is 9.13 Å². The zero-order chi connectivity index (χ0) is 36.6. The molecule has 2 aromatic heterocycles. The highest BCUT2D eigenvalue weighted by Crippen LogP contribution is 2.19. The molecule has 4 rings (SSSR count). The first-order chi connectivity index (χ1) is 25.5. The molecule has 2 heterocycles. The maximum atomic E-state index is 12.3. The Hall–Kier alpha value is -4.54. The predicted molar refractivity (Wildman–Crippen MR) is 216 cm³/mol. The number of carbonyl (C=O) groups is 2. The molecule has 52 heavy (non-hydrogen) atoms. The molecular weight excluding hydrogens is 689 g/mol. The Morgan fingerprint density at radius 3 is 1.25 bits per heavy atom. The van der Waals surface area contributed by atoms with E-state index < -0.39 is 0 Å². The van der Waals surface area contributed by atoms with E-state index in [0.29, 0.717) is 39.1 Å². The highest BCUT2D eigenvalue weighted by molar-refractivity contribution is 8.76. The van der Waals surface area contributed by atoms with Crippen LogP contribution in [0.4, 0.5) is 0 Å². The van der Waals surface area contributed by atoms with Crippen LogP contribution < -0.4 is 29.2 Å². The Morgan fingerprint density at radius 1 is 0.558 bits per heavy atom. The first-order valence-electron chi connectivity index (χ1n) is 18.1. The number of aryl methyl sites for hydroxylation is 2. The van der Waals surface area contributed by atoms with Crippen LogP contribution in [0, 0.1) is 0 Å². The normalized spacial score (nSPS) is 11.2. The zero-order valence-corrected chi connectivity index (χ0v) is 32.0. The van der Waals surface area contributed by atoms with Crippen molar-refractivity contribution in [2.45, 2.75) is 52.6 Å². The van der Waals surface area contributed by atoms with E-state index in [1.54, 1.807) is 21.6 Å². The molecular formula is C42H52N4O4S2+2. The third-order valence-corrected chi connectivity index (χ3v) is 10.3. The summed E-state index contributed by atoms with van der Waals surface area (Å²) in [5.41, 5.74) is 4.49. The summed E-state index contributed by atoms with van der Waals surface area (Å²) in [5, 5.41) is 6.02. The Bertz CT molecular complexity index is 1550. The van der Waals surface area contributed by atoms with Crippen molar-refractivity contribution in [2.24, 2.45) is 0 Å². The Kier molecular flexibility index (Phi) is 18.4. The number of aromatic nitrogens is 2. The lowest BCUT2D eigenvalue weighted by Crippen LogP contribution is -2.34. The second kappa shape index (κ2) is 23.8. The molecule has 0 aliphatic heterocycles. The average molecular weight is 741 g/mol. The largest absolute Gasteiger partial charge is 0.494 e. The second-order valence-electron chi connectivity index (χ2n) is 12.0. The van der Waals surface area contributed by atoms with E-state index in [4.69, 9.17) is 9.47 Å². The molecule has 0 atom stereocenters. The van der Waals surface area contributed by atoms with Gasteiger partial charge in [-0.15, -0.1) is 0 Å². The van der Waals surface area contributed by atoms with Crippen LogP contribution in [0.3, 0.4) is 0 Å². The van der Waals surface area contributed by atoms with E-state index in [1.807, 2.05) is 62.4 Å². The van der Waals surface area contributed by atoms with Crippen LogP contribution in [0.25, 0.3) is 24.3 Å². The van der Waals surface area contributed by atoms with Gasteiger partial charge in [-0.05, 0) is 60.4 Å². The molecule has 4 aromatic rings. The molecule has 8 nitrogen and oxygen atoms in total. The molecule has 0 aliphatic rings. The number of nitrogens with zero attached hydrogens (tertiary/aromatic N) is 2. The van der Waals surface area contributed by atoms with Crippen LogP contribution in [0.15, 0.2) is 97.6 Å². The van der Waals surface area contributed by atoms with Crippen molar-refractivity contribution in [3.63, 3.8) is 0 Å². The predicted octanol–water partition coefficient (Wildman–Crippen LogP) is 7.27. The molecule has 0 bridgehead atoms. The molecule has 0 fully saturated rings. The van der Waals surface area contributed by atoms with Gasteiger partial charge in [-0.1, -0.05) is 70.2 Å².